The van der Waals surface area contributed by atoms with Gasteiger partial charge in [-0.1, -0.05) is 12.1 Å². The second kappa shape index (κ2) is 6.44. The van der Waals surface area contributed by atoms with Gasteiger partial charge in [-0.15, -0.1) is 0 Å². The second-order valence-electron chi connectivity index (χ2n) is 6.61. The van der Waals surface area contributed by atoms with E-state index in [1.807, 2.05) is 6.08 Å². The zero-order valence-corrected chi connectivity index (χ0v) is 14.9. The number of nitrogens with one attached hydrogen (secondary N) is 2. The molecule has 0 aliphatic carbocycles. The number of piperidine rings is 1. The van der Waals surface area contributed by atoms with E-state index in [-0.39, 0.29) is 5.91 Å². The molecular formula is C19H20N4OS. The molecule has 128 valence electrons. The number of nitrogens with zero attached hydrogens (tertiary/aromatic N) is 2. The monoisotopic (exact) mass is 352 g/mol. The van der Waals surface area contributed by atoms with Crippen LogP contribution in [-0.2, 0) is 4.79 Å². The number of rotatable bonds is 2. The first-order chi connectivity index (χ1) is 12.1. The number of amides is 1. The third kappa shape index (κ3) is 3.22. The van der Waals surface area contributed by atoms with Crippen LogP contribution >= 0.6 is 12.2 Å². The predicted molar refractivity (Wildman–Crippen MR) is 104 cm³/mol. The molecule has 0 spiro atoms. The first kappa shape index (κ1) is 16.0. The first-order valence-corrected chi connectivity index (χ1v) is 9.01. The topological polar surface area (TPSA) is 57.3 Å². The molecule has 2 saturated heterocycles. The van der Waals surface area contributed by atoms with Gasteiger partial charge in [0.15, 0.2) is 5.11 Å². The van der Waals surface area contributed by atoms with Gasteiger partial charge in [-0.2, -0.15) is 0 Å². The molecule has 2 fully saturated rings. The summed E-state index contributed by atoms with van der Waals surface area (Å²) in [5, 5.41) is 6.95. The summed E-state index contributed by atoms with van der Waals surface area (Å²) in [4.78, 5) is 19.3. The molecule has 1 amide bonds. The molecule has 0 radical (unpaired) electrons. The number of anilines is 1. The van der Waals surface area contributed by atoms with Crippen LogP contribution in [0.1, 0.15) is 30.4 Å². The van der Waals surface area contributed by atoms with E-state index in [0.717, 1.165) is 35.4 Å². The van der Waals surface area contributed by atoms with Crippen molar-refractivity contribution in [3.8, 4) is 0 Å². The van der Waals surface area contributed by atoms with Crippen LogP contribution in [0.2, 0.25) is 0 Å². The van der Waals surface area contributed by atoms with Crippen LogP contribution in [0, 0.1) is 6.92 Å². The van der Waals surface area contributed by atoms with Gasteiger partial charge in [0.2, 0.25) is 0 Å². The highest BCUT2D eigenvalue weighted by atomic mass is 32.1. The van der Waals surface area contributed by atoms with E-state index in [1.165, 1.54) is 24.8 Å². The Morgan fingerprint density at radius 2 is 1.96 bits per heavy atom. The molecule has 25 heavy (non-hydrogen) atoms. The van der Waals surface area contributed by atoms with Crippen LogP contribution in [0.25, 0.3) is 17.0 Å². The summed E-state index contributed by atoms with van der Waals surface area (Å²) >= 11 is 5.03. The number of carbonyl (C=O) groups is 1. The van der Waals surface area contributed by atoms with Crippen LogP contribution in [0.5, 0.6) is 0 Å². The smallest absolute Gasteiger partial charge is 0.273 e. The van der Waals surface area contributed by atoms with E-state index >= 15 is 0 Å². The molecule has 0 bridgehead atoms. The standard InChI is InChI=1S/C19H20N4OS/c1-12-5-6-13-10-14(11-16-18(24)22-19(25)21-16)17(20-15(13)9-12)23-7-3-2-4-8-23/h5-6,9-11H,2-4,7-8H2,1H3,(H2,21,22,24,25)/b16-11-. The van der Waals surface area contributed by atoms with Gasteiger partial charge in [0.05, 0.1) is 5.52 Å². The van der Waals surface area contributed by atoms with E-state index in [0.29, 0.717) is 10.8 Å². The number of hydrogen-bond acceptors (Lipinski definition) is 4. The number of pyridine rings is 1. The van der Waals surface area contributed by atoms with E-state index in [1.54, 1.807) is 0 Å². The second-order valence-corrected chi connectivity index (χ2v) is 7.02. The average molecular weight is 352 g/mol. The Balaban J connectivity index is 1.85. The Labute approximate surface area is 152 Å². The molecule has 2 aliphatic heterocycles. The van der Waals surface area contributed by atoms with Crippen molar-refractivity contribution < 1.29 is 4.79 Å². The molecule has 4 rings (SSSR count). The number of benzene rings is 1. The summed E-state index contributed by atoms with van der Waals surface area (Å²) in [7, 11) is 0. The Morgan fingerprint density at radius 1 is 1.16 bits per heavy atom. The van der Waals surface area contributed by atoms with Gasteiger partial charge in [0.1, 0.15) is 11.5 Å². The number of aryl methyl sites for hydroxylation is 1. The number of thiocarbonyl (C=S) groups is 1. The van der Waals surface area contributed by atoms with Gasteiger partial charge in [0.25, 0.3) is 5.91 Å². The van der Waals surface area contributed by atoms with Crippen molar-refractivity contribution >= 4 is 46.0 Å². The Kier molecular flexibility index (Phi) is 4.13. The average Bonchev–Trinajstić information content (AvgIpc) is 2.92. The molecule has 0 atom stereocenters. The minimum atomic E-state index is -0.196. The molecule has 1 aromatic heterocycles. The molecule has 0 unspecified atom stereocenters. The van der Waals surface area contributed by atoms with Crippen molar-refractivity contribution in [1.82, 2.24) is 15.6 Å². The molecule has 0 saturated carbocycles. The van der Waals surface area contributed by atoms with Crippen LogP contribution < -0.4 is 15.5 Å². The molecule has 2 aromatic rings. The minimum Gasteiger partial charge on any atom is -0.356 e. The van der Waals surface area contributed by atoms with Crippen molar-refractivity contribution in [3.63, 3.8) is 0 Å². The van der Waals surface area contributed by atoms with E-state index in [2.05, 4.69) is 46.7 Å². The third-order valence-electron chi connectivity index (χ3n) is 4.66. The highest BCUT2D eigenvalue weighted by Crippen LogP contribution is 2.28. The highest BCUT2D eigenvalue weighted by Gasteiger charge is 2.22. The SMILES string of the molecule is Cc1ccc2cc(/C=C3\NC(=S)NC3=O)c(N3CCCCC3)nc2c1. The maximum absolute atomic E-state index is 12.0. The number of carbonyl (C=O) groups excluding carboxylic acids is 1. The molecule has 1 aromatic carbocycles. The number of hydrogen-bond donors (Lipinski definition) is 2. The normalized spacial score (nSPS) is 19.4. The van der Waals surface area contributed by atoms with Crippen molar-refractivity contribution in [2.24, 2.45) is 0 Å². The predicted octanol–water partition coefficient (Wildman–Crippen LogP) is 2.88. The third-order valence-corrected chi connectivity index (χ3v) is 4.86. The lowest BCUT2D eigenvalue weighted by molar-refractivity contribution is -0.115. The Bertz CT molecular complexity index is 900. The Morgan fingerprint density at radius 3 is 2.68 bits per heavy atom. The molecule has 5 nitrogen and oxygen atoms in total. The van der Waals surface area contributed by atoms with Crippen molar-refractivity contribution in [1.29, 1.82) is 0 Å². The maximum atomic E-state index is 12.0. The van der Waals surface area contributed by atoms with E-state index < -0.39 is 0 Å². The summed E-state index contributed by atoms with van der Waals surface area (Å²) in [5.41, 5.74) is 3.59. The van der Waals surface area contributed by atoms with Gasteiger partial charge in [-0.3, -0.25) is 10.1 Å². The van der Waals surface area contributed by atoms with Crippen LogP contribution in [0.15, 0.2) is 30.0 Å². The highest BCUT2D eigenvalue weighted by molar-refractivity contribution is 7.80. The van der Waals surface area contributed by atoms with Crippen LogP contribution in [0.4, 0.5) is 5.82 Å². The zero-order valence-electron chi connectivity index (χ0n) is 14.1. The largest absolute Gasteiger partial charge is 0.356 e. The summed E-state index contributed by atoms with van der Waals surface area (Å²) in [6.07, 6.45) is 5.46. The summed E-state index contributed by atoms with van der Waals surface area (Å²) in [5.74, 6) is 0.747. The van der Waals surface area contributed by atoms with Gasteiger partial charge < -0.3 is 10.2 Å². The lowest BCUT2D eigenvalue weighted by Gasteiger charge is -2.29. The summed E-state index contributed by atoms with van der Waals surface area (Å²) < 4.78 is 0. The molecule has 3 heterocycles. The van der Waals surface area contributed by atoms with Crippen molar-refractivity contribution in [2.75, 3.05) is 18.0 Å². The number of fused-ring (bicyclic) bond motifs is 1. The fourth-order valence-corrected chi connectivity index (χ4v) is 3.59. The minimum absolute atomic E-state index is 0.196. The summed E-state index contributed by atoms with van der Waals surface area (Å²) in [6, 6.07) is 8.37. The maximum Gasteiger partial charge on any atom is 0.273 e. The van der Waals surface area contributed by atoms with Gasteiger partial charge >= 0.3 is 0 Å². The van der Waals surface area contributed by atoms with Gasteiger partial charge in [0, 0.05) is 24.0 Å². The van der Waals surface area contributed by atoms with Crippen LogP contribution in [0.3, 0.4) is 0 Å². The number of aromatic nitrogens is 1. The molecular weight excluding hydrogens is 332 g/mol. The lowest BCUT2D eigenvalue weighted by Crippen LogP contribution is -2.30. The molecule has 6 heteroatoms. The van der Waals surface area contributed by atoms with Gasteiger partial charge in [-0.25, -0.2) is 4.98 Å². The fraction of sp³-hybridized carbons (Fsp3) is 0.316. The van der Waals surface area contributed by atoms with E-state index in [4.69, 9.17) is 17.2 Å². The van der Waals surface area contributed by atoms with Crippen LogP contribution in [-0.4, -0.2) is 29.1 Å². The van der Waals surface area contributed by atoms with Crippen molar-refractivity contribution in [3.05, 3.63) is 41.1 Å². The fourth-order valence-electron chi connectivity index (χ4n) is 3.39. The summed E-state index contributed by atoms with van der Waals surface area (Å²) in [6.45, 7) is 4.07. The first-order valence-electron chi connectivity index (χ1n) is 8.60. The van der Waals surface area contributed by atoms with E-state index in [9.17, 15) is 4.79 Å². The zero-order chi connectivity index (χ0) is 17.4. The Hall–Kier alpha value is -2.47. The molecule has 2 aliphatic rings. The lowest BCUT2D eigenvalue weighted by atomic mass is 10.1. The van der Waals surface area contributed by atoms with Gasteiger partial charge in [-0.05, 0) is 62.2 Å². The molecule has 2 N–H and O–H groups in total. The van der Waals surface area contributed by atoms with Crippen molar-refractivity contribution in [2.45, 2.75) is 26.2 Å². The quantitative estimate of drug-likeness (QED) is 0.643.